The Hall–Kier alpha value is -3.72. The molecule has 1 saturated heterocycles. The van der Waals surface area contributed by atoms with Crippen molar-refractivity contribution in [2.75, 3.05) is 24.3 Å². The topological polar surface area (TPSA) is 94.6 Å². The van der Waals surface area contributed by atoms with Crippen LogP contribution in [0.15, 0.2) is 66.2 Å². The monoisotopic (exact) mass is 491 g/mol. The average molecular weight is 492 g/mol. The number of likely N-dealkylation sites (N-methyl/N-ethyl adjacent to an activating group) is 1. The number of likely N-dealkylation sites (tertiary alicyclic amines) is 1. The van der Waals surface area contributed by atoms with Gasteiger partial charge in [0.15, 0.2) is 0 Å². The first-order chi connectivity index (χ1) is 16.9. The van der Waals surface area contributed by atoms with Crippen molar-refractivity contribution in [3.63, 3.8) is 0 Å². The molecule has 1 aliphatic rings. The number of aromatic nitrogens is 1. The molecule has 4 rings (SSSR count). The number of hydrogen-bond acceptors (Lipinski definition) is 6. The summed E-state index contributed by atoms with van der Waals surface area (Å²) in [6.45, 7) is 1.97. The van der Waals surface area contributed by atoms with Crippen LogP contribution in [0.4, 0.5) is 15.6 Å². The van der Waals surface area contributed by atoms with Crippen LogP contribution in [0.3, 0.4) is 0 Å². The van der Waals surface area contributed by atoms with Crippen LogP contribution < -0.4 is 15.5 Å². The number of imide groups is 1. The number of thiophene rings is 1. The van der Waals surface area contributed by atoms with Crippen LogP contribution in [-0.2, 0) is 16.0 Å². The highest BCUT2D eigenvalue weighted by molar-refractivity contribution is 7.14. The van der Waals surface area contributed by atoms with Crippen LogP contribution in [0, 0.1) is 5.92 Å². The molecule has 1 aromatic carbocycles. The highest BCUT2D eigenvalue weighted by Gasteiger charge is 2.55. The molecule has 3 heterocycles. The highest BCUT2D eigenvalue weighted by Crippen LogP contribution is 2.34. The Labute approximate surface area is 209 Å². The fourth-order valence-electron chi connectivity index (χ4n) is 4.34. The quantitative estimate of drug-likeness (QED) is 0.463. The van der Waals surface area contributed by atoms with E-state index in [1.54, 1.807) is 20.3 Å². The Bertz CT molecular complexity index is 1180. The Balaban J connectivity index is 1.59. The lowest BCUT2D eigenvalue weighted by Gasteiger charge is -2.46. The maximum absolute atomic E-state index is 13.6. The van der Waals surface area contributed by atoms with Crippen molar-refractivity contribution in [2.45, 2.75) is 31.8 Å². The molecule has 1 aliphatic heterocycles. The molecule has 2 N–H and O–H groups in total. The van der Waals surface area contributed by atoms with Crippen molar-refractivity contribution in [3.05, 3.63) is 77.3 Å². The Morgan fingerprint density at radius 2 is 1.94 bits per heavy atom. The lowest BCUT2D eigenvalue weighted by Crippen LogP contribution is -2.70. The van der Waals surface area contributed by atoms with E-state index in [9.17, 15) is 14.4 Å². The first-order valence-corrected chi connectivity index (χ1v) is 12.4. The minimum atomic E-state index is -0.894. The van der Waals surface area contributed by atoms with Crippen LogP contribution in [0.5, 0.6) is 0 Å². The molecular weight excluding hydrogens is 462 g/mol. The van der Waals surface area contributed by atoms with Crippen LogP contribution >= 0.6 is 11.3 Å². The van der Waals surface area contributed by atoms with Crippen molar-refractivity contribution < 1.29 is 14.4 Å². The van der Waals surface area contributed by atoms with Crippen molar-refractivity contribution in [1.29, 1.82) is 0 Å². The molecule has 35 heavy (non-hydrogen) atoms. The number of pyridine rings is 1. The van der Waals surface area contributed by atoms with Crippen molar-refractivity contribution in [3.8, 4) is 0 Å². The minimum absolute atomic E-state index is 0.264. The molecule has 9 heteroatoms. The van der Waals surface area contributed by atoms with Gasteiger partial charge in [0, 0.05) is 20.3 Å². The second-order valence-corrected chi connectivity index (χ2v) is 9.36. The molecule has 3 atom stereocenters. The predicted octanol–water partition coefficient (Wildman–Crippen LogP) is 4.08. The van der Waals surface area contributed by atoms with Gasteiger partial charge >= 0.3 is 6.03 Å². The van der Waals surface area contributed by atoms with Crippen molar-refractivity contribution in [1.82, 2.24) is 15.2 Å². The second kappa shape index (κ2) is 10.7. The smallest absolute Gasteiger partial charge is 0.325 e. The summed E-state index contributed by atoms with van der Waals surface area (Å²) >= 11 is 1.43. The summed E-state index contributed by atoms with van der Waals surface area (Å²) in [7, 11) is 3.44. The van der Waals surface area contributed by atoms with E-state index >= 15 is 0 Å². The Kier molecular flexibility index (Phi) is 7.45. The second-order valence-electron chi connectivity index (χ2n) is 8.43. The molecular formula is C26H29N5O3S. The number of rotatable bonds is 8. The number of amides is 4. The SMILES string of the molecule is CCC(NC(=O)N1C(=O)[C@H](Cc2ccnc(NC)c2)[C@H]1C(=O)N(C)c1cccs1)c1ccccc1. The Morgan fingerprint density at radius 3 is 2.60 bits per heavy atom. The third kappa shape index (κ3) is 5.05. The van der Waals surface area contributed by atoms with Gasteiger partial charge < -0.3 is 15.5 Å². The number of anilines is 2. The first kappa shape index (κ1) is 24.4. The van der Waals surface area contributed by atoms with Gasteiger partial charge in [0.25, 0.3) is 5.91 Å². The zero-order valence-corrected chi connectivity index (χ0v) is 20.8. The zero-order valence-electron chi connectivity index (χ0n) is 20.0. The third-order valence-corrected chi connectivity index (χ3v) is 7.24. The summed E-state index contributed by atoms with van der Waals surface area (Å²) in [5.74, 6) is -0.607. The molecule has 8 nitrogen and oxygen atoms in total. The molecule has 1 unspecified atom stereocenters. The van der Waals surface area contributed by atoms with E-state index in [0.29, 0.717) is 18.7 Å². The largest absolute Gasteiger partial charge is 0.373 e. The van der Waals surface area contributed by atoms with Gasteiger partial charge in [-0.25, -0.2) is 9.78 Å². The normalized spacial score (nSPS) is 17.9. The number of β-lactam (4-membered cyclic amide) rings is 1. The number of benzene rings is 1. The van der Waals surface area contributed by atoms with Gasteiger partial charge in [-0.2, -0.15) is 0 Å². The molecule has 0 radical (unpaired) electrons. The van der Waals surface area contributed by atoms with E-state index in [-0.39, 0.29) is 17.9 Å². The van der Waals surface area contributed by atoms with Gasteiger partial charge in [-0.15, -0.1) is 11.3 Å². The van der Waals surface area contributed by atoms with Gasteiger partial charge in [0.05, 0.1) is 17.0 Å². The third-order valence-electron chi connectivity index (χ3n) is 6.30. The van der Waals surface area contributed by atoms with Gasteiger partial charge in [0.1, 0.15) is 11.9 Å². The van der Waals surface area contributed by atoms with Crippen LogP contribution in [0.1, 0.15) is 30.5 Å². The summed E-state index contributed by atoms with van der Waals surface area (Å²) in [6.07, 6.45) is 2.65. The predicted molar refractivity (Wildman–Crippen MR) is 137 cm³/mol. The molecule has 1 fully saturated rings. The molecule has 0 saturated carbocycles. The lowest BCUT2D eigenvalue weighted by molar-refractivity contribution is -0.156. The van der Waals surface area contributed by atoms with Crippen LogP contribution in [0.25, 0.3) is 0 Å². The van der Waals surface area contributed by atoms with Crippen LogP contribution in [-0.4, -0.2) is 47.9 Å². The molecule has 2 aromatic heterocycles. The zero-order chi connectivity index (χ0) is 24.9. The number of carbonyl (C=O) groups is 3. The standard InChI is InChI=1S/C26H29N5O3S/c1-4-20(18-9-6-5-7-10-18)29-26(34)31-23(25(33)30(3)22-11-8-14-35-22)19(24(31)32)15-17-12-13-28-21(16-17)27-2/h5-14,16,19-20,23H,4,15H2,1-3H3,(H,27,28)(H,29,34)/t19-,20?,23+/m1/s1. The van der Waals surface area contributed by atoms with Gasteiger partial charge in [0.2, 0.25) is 5.91 Å². The summed E-state index contributed by atoms with van der Waals surface area (Å²) in [6, 6.07) is 15.3. The highest BCUT2D eigenvalue weighted by atomic mass is 32.1. The summed E-state index contributed by atoms with van der Waals surface area (Å²) in [5.41, 5.74) is 1.82. The minimum Gasteiger partial charge on any atom is -0.373 e. The van der Waals surface area contributed by atoms with Gasteiger partial charge in [-0.05, 0) is 53.6 Å². The van der Waals surface area contributed by atoms with Gasteiger partial charge in [-0.3, -0.25) is 14.5 Å². The summed E-state index contributed by atoms with van der Waals surface area (Å²) in [4.78, 5) is 47.0. The Morgan fingerprint density at radius 1 is 1.17 bits per heavy atom. The summed E-state index contributed by atoms with van der Waals surface area (Å²) in [5, 5.41) is 8.58. The molecule has 3 aromatic rings. The van der Waals surface area contributed by atoms with E-state index in [2.05, 4.69) is 15.6 Å². The van der Waals surface area contributed by atoms with E-state index in [4.69, 9.17) is 0 Å². The number of hydrogen-bond donors (Lipinski definition) is 2. The fraction of sp³-hybridized carbons (Fsp3) is 0.308. The average Bonchev–Trinajstić information content (AvgIpc) is 3.43. The van der Waals surface area contributed by atoms with E-state index in [0.717, 1.165) is 21.0 Å². The molecule has 0 spiro atoms. The fourth-order valence-corrected chi connectivity index (χ4v) is 5.04. The number of nitrogens with zero attached hydrogens (tertiary/aromatic N) is 3. The number of urea groups is 1. The molecule has 182 valence electrons. The van der Waals surface area contributed by atoms with E-state index in [1.165, 1.54) is 16.2 Å². The van der Waals surface area contributed by atoms with Gasteiger partial charge in [-0.1, -0.05) is 37.3 Å². The van der Waals surface area contributed by atoms with E-state index < -0.39 is 18.0 Å². The van der Waals surface area contributed by atoms with Crippen LogP contribution in [0.2, 0.25) is 0 Å². The first-order valence-electron chi connectivity index (χ1n) is 11.6. The molecule has 0 bridgehead atoms. The van der Waals surface area contributed by atoms with Crippen molar-refractivity contribution >= 4 is 40.0 Å². The van der Waals surface area contributed by atoms with E-state index in [1.807, 2.05) is 66.9 Å². The maximum atomic E-state index is 13.6. The summed E-state index contributed by atoms with van der Waals surface area (Å²) < 4.78 is 0. The number of carbonyl (C=O) groups excluding carboxylic acids is 3. The number of nitrogens with one attached hydrogen (secondary N) is 2. The lowest BCUT2D eigenvalue weighted by atomic mass is 9.81. The maximum Gasteiger partial charge on any atom is 0.325 e. The molecule has 0 aliphatic carbocycles. The van der Waals surface area contributed by atoms with Crippen molar-refractivity contribution in [2.24, 2.45) is 5.92 Å². The molecule has 4 amide bonds.